The highest BCUT2D eigenvalue weighted by Crippen LogP contribution is 2.20. The van der Waals surface area contributed by atoms with Gasteiger partial charge in [-0.3, -0.25) is 9.82 Å². The Bertz CT molecular complexity index is 730. The van der Waals surface area contributed by atoms with Crippen LogP contribution in [-0.4, -0.2) is 34.7 Å². The molecular weight excluding hydrogens is 284 g/mol. The molecule has 2 aromatic rings. The van der Waals surface area contributed by atoms with Crippen molar-refractivity contribution in [2.75, 3.05) is 4.72 Å². The quantitative estimate of drug-likeness (QED) is 0.770. The molecule has 0 aromatic carbocycles. The number of hydrogen-bond donors (Lipinski definition) is 3. The van der Waals surface area contributed by atoms with E-state index in [1.54, 1.807) is 13.8 Å². The molecule has 0 radical (unpaired) electrons. The topological polar surface area (TPSA) is 125 Å². The zero-order valence-electron chi connectivity index (χ0n) is 10.7. The van der Waals surface area contributed by atoms with Gasteiger partial charge in [0.25, 0.3) is 10.0 Å². The van der Waals surface area contributed by atoms with E-state index in [2.05, 4.69) is 19.9 Å². The Hall–Kier alpha value is -2.42. The number of aromatic nitrogens is 3. The van der Waals surface area contributed by atoms with E-state index in [9.17, 15) is 13.2 Å². The Morgan fingerprint density at radius 1 is 1.35 bits per heavy atom. The lowest BCUT2D eigenvalue weighted by Crippen LogP contribution is -2.15. The summed E-state index contributed by atoms with van der Waals surface area (Å²) in [5, 5.41) is 15.0. The van der Waals surface area contributed by atoms with Gasteiger partial charge in [0.05, 0.1) is 22.6 Å². The highest BCUT2D eigenvalue weighted by molar-refractivity contribution is 7.92. The molecular formula is C11H12N4O4S. The van der Waals surface area contributed by atoms with Gasteiger partial charge < -0.3 is 5.11 Å². The number of aromatic amines is 1. The third-order valence-corrected chi connectivity index (χ3v) is 3.89. The number of carbonyl (C=O) groups is 1. The van der Waals surface area contributed by atoms with Gasteiger partial charge in [-0.05, 0) is 26.0 Å². The van der Waals surface area contributed by atoms with Crippen LogP contribution in [-0.2, 0) is 10.0 Å². The Balaban J connectivity index is 2.33. The normalized spacial score (nSPS) is 11.3. The monoisotopic (exact) mass is 296 g/mol. The lowest BCUT2D eigenvalue weighted by atomic mass is 10.3. The zero-order valence-corrected chi connectivity index (χ0v) is 11.5. The molecule has 2 rings (SSSR count). The number of aromatic carboxylic acids is 1. The van der Waals surface area contributed by atoms with E-state index in [-0.39, 0.29) is 10.6 Å². The van der Waals surface area contributed by atoms with Crippen molar-refractivity contribution in [3.8, 4) is 0 Å². The number of aryl methyl sites for hydroxylation is 2. The molecule has 0 saturated carbocycles. The highest BCUT2D eigenvalue weighted by Gasteiger charge is 2.19. The average Bonchev–Trinajstić information content (AvgIpc) is 2.70. The number of nitrogens with zero attached hydrogens (tertiary/aromatic N) is 2. The molecule has 3 N–H and O–H groups in total. The predicted molar refractivity (Wildman–Crippen MR) is 70.1 cm³/mol. The second-order valence-electron chi connectivity index (χ2n) is 4.10. The van der Waals surface area contributed by atoms with Crippen LogP contribution >= 0.6 is 0 Å². The van der Waals surface area contributed by atoms with Gasteiger partial charge in [-0.25, -0.2) is 9.78 Å². The van der Waals surface area contributed by atoms with Crippen LogP contribution in [0.4, 0.5) is 5.69 Å². The van der Waals surface area contributed by atoms with Crippen LogP contribution in [0.15, 0.2) is 23.4 Å². The smallest absolute Gasteiger partial charge is 0.337 e. The third-order valence-electron chi connectivity index (χ3n) is 2.62. The van der Waals surface area contributed by atoms with Crippen molar-refractivity contribution in [3.05, 3.63) is 35.3 Å². The Morgan fingerprint density at radius 3 is 2.50 bits per heavy atom. The number of anilines is 1. The Kier molecular flexibility index (Phi) is 3.45. The summed E-state index contributed by atoms with van der Waals surface area (Å²) in [7, 11) is -3.88. The molecule has 8 nitrogen and oxygen atoms in total. The van der Waals surface area contributed by atoms with E-state index in [0.29, 0.717) is 17.1 Å². The van der Waals surface area contributed by atoms with Crippen LogP contribution in [0, 0.1) is 13.8 Å². The molecule has 2 heterocycles. The molecule has 106 valence electrons. The molecule has 9 heteroatoms. The fourth-order valence-corrected chi connectivity index (χ4v) is 2.67. The number of pyridine rings is 1. The maximum absolute atomic E-state index is 12.1. The largest absolute Gasteiger partial charge is 0.478 e. The van der Waals surface area contributed by atoms with Gasteiger partial charge in [-0.15, -0.1) is 0 Å². The van der Waals surface area contributed by atoms with Crippen molar-refractivity contribution in [3.63, 3.8) is 0 Å². The molecule has 0 unspecified atom stereocenters. The van der Waals surface area contributed by atoms with E-state index in [1.165, 1.54) is 6.07 Å². The summed E-state index contributed by atoms with van der Waals surface area (Å²) in [5.74, 6) is -1.17. The molecule has 0 aliphatic rings. The fraction of sp³-hybridized carbons (Fsp3) is 0.182. The van der Waals surface area contributed by atoms with Crippen LogP contribution < -0.4 is 4.72 Å². The molecule has 0 amide bonds. The van der Waals surface area contributed by atoms with Crippen LogP contribution in [0.1, 0.15) is 21.7 Å². The van der Waals surface area contributed by atoms with Crippen LogP contribution in [0.2, 0.25) is 0 Å². The van der Waals surface area contributed by atoms with Gasteiger partial charge >= 0.3 is 5.97 Å². The second kappa shape index (κ2) is 4.93. The number of rotatable bonds is 4. The van der Waals surface area contributed by atoms with Crippen molar-refractivity contribution in [2.24, 2.45) is 0 Å². The summed E-state index contributed by atoms with van der Waals surface area (Å²) in [4.78, 5) is 14.3. The first-order valence-corrected chi connectivity index (χ1v) is 7.03. The molecule has 2 aromatic heterocycles. The third kappa shape index (κ3) is 2.62. The minimum absolute atomic E-state index is 0.0837. The van der Waals surface area contributed by atoms with Crippen molar-refractivity contribution >= 4 is 21.7 Å². The number of H-pyrrole nitrogens is 1. The summed E-state index contributed by atoms with van der Waals surface area (Å²) in [6.07, 6.45) is 0.992. The number of nitrogens with one attached hydrogen (secondary N) is 2. The molecule has 0 atom stereocenters. The van der Waals surface area contributed by atoms with E-state index in [0.717, 1.165) is 12.3 Å². The van der Waals surface area contributed by atoms with E-state index >= 15 is 0 Å². The lowest BCUT2D eigenvalue weighted by molar-refractivity contribution is 0.0696. The van der Waals surface area contributed by atoms with Gasteiger partial charge in [0, 0.05) is 6.20 Å². The van der Waals surface area contributed by atoms with Crippen LogP contribution in [0.5, 0.6) is 0 Å². The summed E-state index contributed by atoms with van der Waals surface area (Å²) in [6, 6.07) is 2.31. The molecule has 0 bridgehead atoms. The zero-order chi connectivity index (χ0) is 14.9. The van der Waals surface area contributed by atoms with E-state index in [4.69, 9.17) is 5.11 Å². The minimum Gasteiger partial charge on any atom is -0.478 e. The van der Waals surface area contributed by atoms with Crippen LogP contribution in [0.3, 0.4) is 0 Å². The number of carboxylic acid groups (broad SMARTS) is 1. The first-order chi connectivity index (χ1) is 9.31. The summed E-state index contributed by atoms with van der Waals surface area (Å²) < 4.78 is 26.6. The molecule has 0 aliphatic carbocycles. The number of sulfonamides is 1. The summed E-state index contributed by atoms with van der Waals surface area (Å²) in [5.41, 5.74) is 1.36. The second-order valence-corrected chi connectivity index (χ2v) is 5.73. The first-order valence-electron chi connectivity index (χ1n) is 5.55. The first kappa shape index (κ1) is 14.0. The fourth-order valence-electron chi connectivity index (χ4n) is 1.55. The van der Waals surface area contributed by atoms with Gasteiger partial charge in [0.15, 0.2) is 5.03 Å². The highest BCUT2D eigenvalue weighted by atomic mass is 32.2. The maximum atomic E-state index is 12.1. The molecule has 0 fully saturated rings. The average molecular weight is 296 g/mol. The number of hydrogen-bond acceptors (Lipinski definition) is 5. The Labute approximate surface area is 114 Å². The van der Waals surface area contributed by atoms with Gasteiger partial charge in [-0.2, -0.15) is 13.5 Å². The maximum Gasteiger partial charge on any atom is 0.337 e. The molecule has 20 heavy (non-hydrogen) atoms. The van der Waals surface area contributed by atoms with E-state index < -0.39 is 16.0 Å². The lowest BCUT2D eigenvalue weighted by Gasteiger charge is -2.07. The van der Waals surface area contributed by atoms with Gasteiger partial charge in [-0.1, -0.05) is 0 Å². The van der Waals surface area contributed by atoms with Crippen molar-refractivity contribution in [1.29, 1.82) is 0 Å². The standard InChI is InChI=1S/C11H12N4O4S/c1-6-10(7(2)14-13-6)15-20(18,19)9-4-3-8(5-12-9)11(16)17/h3-5,15H,1-2H3,(H,13,14)(H,16,17). The predicted octanol–water partition coefficient (Wildman–Crippen LogP) is 0.921. The Morgan fingerprint density at radius 2 is 2.05 bits per heavy atom. The van der Waals surface area contributed by atoms with Crippen LogP contribution in [0.25, 0.3) is 0 Å². The van der Waals surface area contributed by atoms with Crippen molar-refractivity contribution in [1.82, 2.24) is 15.2 Å². The summed E-state index contributed by atoms with van der Waals surface area (Å²) in [6.45, 7) is 3.33. The van der Waals surface area contributed by atoms with Gasteiger partial charge in [0.1, 0.15) is 0 Å². The molecule has 0 aliphatic heterocycles. The number of carboxylic acids is 1. The minimum atomic E-state index is -3.88. The van der Waals surface area contributed by atoms with E-state index in [1.807, 2.05) is 0 Å². The van der Waals surface area contributed by atoms with Gasteiger partial charge in [0.2, 0.25) is 0 Å². The summed E-state index contributed by atoms with van der Waals surface area (Å²) >= 11 is 0. The molecule has 0 saturated heterocycles. The van der Waals surface area contributed by atoms with Crippen molar-refractivity contribution in [2.45, 2.75) is 18.9 Å². The van der Waals surface area contributed by atoms with Crippen molar-refractivity contribution < 1.29 is 18.3 Å². The molecule has 0 spiro atoms. The SMILES string of the molecule is Cc1n[nH]c(C)c1NS(=O)(=O)c1ccc(C(=O)O)cn1.